The van der Waals surface area contributed by atoms with E-state index in [-0.39, 0.29) is 0 Å². The first-order valence-corrected chi connectivity index (χ1v) is 37.2. The highest BCUT2D eigenvalue weighted by atomic mass is 15.2. The Labute approximate surface area is 648 Å². The van der Waals surface area contributed by atoms with Gasteiger partial charge in [-0.3, -0.25) is 0 Å². The van der Waals surface area contributed by atoms with E-state index >= 15 is 0 Å². The van der Waals surface area contributed by atoms with Gasteiger partial charge in [-0.1, -0.05) is 249 Å². The number of fused-ring (bicyclic) bond motifs is 10. The van der Waals surface area contributed by atoms with Gasteiger partial charge in [-0.05, 0) is 222 Å². The summed E-state index contributed by atoms with van der Waals surface area (Å²) in [6, 6.07) is 135. The molecule has 0 N–H and O–H groups in total. The Balaban J connectivity index is 0.000000151. The fourth-order valence-corrected chi connectivity index (χ4v) is 16.8. The summed E-state index contributed by atoms with van der Waals surface area (Å²) in [5.74, 6) is 0. The second-order valence-corrected chi connectivity index (χ2v) is 27.8. The zero-order chi connectivity index (χ0) is 75.2. The van der Waals surface area contributed by atoms with Crippen molar-refractivity contribution in [1.82, 2.24) is 9.13 Å². The molecule has 20 aromatic rings. The molecule has 0 saturated heterocycles. The minimum absolute atomic E-state index is 0.589. The summed E-state index contributed by atoms with van der Waals surface area (Å²) in [6.45, 7) is 31.4. The highest BCUT2D eigenvalue weighted by molar-refractivity contribution is 6.26. The van der Waals surface area contributed by atoms with Crippen molar-refractivity contribution in [3.63, 3.8) is 0 Å². The predicted molar refractivity (Wildman–Crippen MR) is 468 cm³/mol. The molecule has 0 unspecified atom stereocenters. The van der Waals surface area contributed by atoms with E-state index in [0.29, 0.717) is 22.7 Å². The fraction of sp³-hybridized carbons (Fsp3) is 0. The van der Waals surface area contributed by atoms with Gasteiger partial charge in [0.1, 0.15) is 0 Å². The Hall–Kier alpha value is -15.8. The maximum Gasteiger partial charge on any atom is 0.187 e. The minimum atomic E-state index is 0.589. The minimum Gasteiger partial charge on any atom is -0.310 e. The van der Waals surface area contributed by atoms with Gasteiger partial charge in [-0.2, -0.15) is 0 Å². The van der Waals surface area contributed by atoms with Crippen molar-refractivity contribution in [2.45, 2.75) is 0 Å². The van der Waals surface area contributed by atoms with Crippen LogP contribution < -0.4 is 9.80 Å². The molecule has 0 aliphatic heterocycles. The standard InChI is InChI=1S/2C52H32N4/c1-53-37-18-13-16-35(32-37)50-43-25-9-10-26-44(43)51(36-17-14-19-38(33-36)54-2)52-45(50)27-15-29-49(52)55(39-20-5-3-6-21-39)41-30-31-48-46(34-41)42-24-11-12-28-47(42)56(48)40-22-7-4-8-23-40;1-53-37-17-13-15-35(31-37)51-44-24-9-10-25-45(44)52(36-16-14-18-38(32-36)54-2)48-34-41(27-29-46(48)51)55(39-19-5-3-6-20-39)42-28-30-50-47(33-42)43-23-11-12-26-49(43)56(50)40-21-7-4-8-22-40/h2*3-34H. The van der Waals surface area contributed by atoms with E-state index in [1.807, 2.05) is 72.8 Å². The summed E-state index contributed by atoms with van der Waals surface area (Å²) >= 11 is 0. The Morgan fingerprint density at radius 2 is 0.500 bits per heavy atom. The molecule has 0 bridgehead atoms. The van der Waals surface area contributed by atoms with E-state index in [4.69, 9.17) is 26.3 Å². The first-order valence-electron chi connectivity index (χ1n) is 37.2. The lowest BCUT2D eigenvalue weighted by atomic mass is 9.85. The molecule has 0 spiro atoms. The molecule has 520 valence electrons. The molecule has 8 heteroatoms. The Bertz CT molecular complexity index is 7240. The van der Waals surface area contributed by atoms with Gasteiger partial charge in [-0.25, -0.2) is 19.4 Å². The van der Waals surface area contributed by atoms with Crippen LogP contribution in [0.2, 0.25) is 0 Å². The van der Waals surface area contributed by atoms with Crippen LogP contribution >= 0.6 is 0 Å². The molecule has 0 saturated carbocycles. The van der Waals surface area contributed by atoms with Crippen LogP contribution in [0.4, 0.5) is 56.9 Å². The summed E-state index contributed by atoms with van der Waals surface area (Å²) in [5.41, 5.74) is 23.6. The van der Waals surface area contributed by atoms with Gasteiger partial charge >= 0.3 is 0 Å². The lowest BCUT2D eigenvalue weighted by Gasteiger charge is -2.29. The van der Waals surface area contributed by atoms with Gasteiger partial charge in [0.2, 0.25) is 0 Å². The van der Waals surface area contributed by atoms with Crippen molar-refractivity contribution < 1.29 is 0 Å². The lowest BCUT2D eigenvalue weighted by molar-refractivity contribution is 1.18. The molecule has 0 fully saturated rings. The van der Waals surface area contributed by atoms with Crippen LogP contribution in [-0.4, -0.2) is 9.13 Å². The van der Waals surface area contributed by atoms with Gasteiger partial charge in [0.05, 0.1) is 54.0 Å². The average Bonchev–Trinajstić information content (AvgIpc) is 1.07. The number of para-hydroxylation sites is 6. The van der Waals surface area contributed by atoms with Crippen LogP contribution in [0.5, 0.6) is 0 Å². The third-order valence-electron chi connectivity index (χ3n) is 21.5. The summed E-state index contributed by atoms with van der Waals surface area (Å²) in [7, 11) is 0. The number of rotatable bonds is 12. The molecule has 20 rings (SSSR count). The number of aromatic nitrogens is 2. The molecule has 0 atom stereocenters. The van der Waals surface area contributed by atoms with Crippen molar-refractivity contribution in [2.75, 3.05) is 9.80 Å². The van der Waals surface area contributed by atoms with Crippen molar-refractivity contribution in [1.29, 1.82) is 0 Å². The normalized spacial score (nSPS) is 11.2. The number of anilines is 6. The Kier molecular flexibility index (Phi) is 17.0. The van der Waals surface area contributed by atoms with E-state index in [2.05, 4.69) is 354 Å². The van der Waals surface area contributed by atoms with Gasteiger partial charge in [-0.15, -0.1) is 0 Å². The third kappa shape index (κ3) is 11.6. The quantitative estimate of drug-likeness (QED) is 0.0902. The smallest absolute Gasteiger partial charge is 0.187 e. The maximum absolute atomic E-state index is 7.92. The summed E-state index contributed by atoms with van der Waals surface area (Å²) in [5, 5.41) is 13.3. The van der Waals surface area contributed by atoms with Crippen LogP contribution in [0.3, 0.4) is 0 Å². The Morgan fingerprint density at radius 3 is 0.938 bits per heavy atom. The second-order valence-electron chi connectivity index (χ2n) is 27.8. The molecule has 8 nitrogen and oxygen atoms in total. The number of hydrogen-bond acceptors (Lipinski definition) is 2. The topological polar surface area (TPSA) is 33.8 Å². The number of nitrogens with zero attached hydrogens (tertiary/aromatic N) is 8. The van der Waals surface area contributed by atoms with Gasteiger partial charge in [0, 0.05) is 66.7 Å². The van der Waals surface area contributed by atoms with E-state index in [1.165, 1.54) is 16.2 Å². The molecular weight excluding hydrogens is 1360 g/mol. The van der Waals surface area contributed by atoms with Crippen LogP contribution in [0.15, 0.2) is 388 Å². The van der Waals surface area contributed by atoms with Crippen molar-refractivity contribution in [3.8, 4) is 55.9 Å². The molecule has 112 heavy (non-hydrogen) atoms. The summed E-state index contributed by atoms with van der Waals surface area (Å²) in [4.78, 5) is 19.9. The van der Waals surface area contributed by atoms with E-state index in [1.54, 1.807) is 0 Å². The second kappa shape index (κ2) is 28.5. The predicted octanol–water partition coefficient (Wildman–Crippen LogP) is 30.0. The fourth-order valence-electron chi connectivity index (χ4n) is 16.8. The monoisotopic (exact) mass is 1420 g/mol. The number of hydrogen-bond donors (Lipinski definition) is 0. The van der Waals surface area contributed by atoms with Crippen LogP contribution in [0, 0.1) is 26.3 Å². The third-order valence-corrected chi connectivity index (χ3v) is 21.5. The highest BCUT2D eigenvalue weighted by Crippen LogP contribution is 2.53. The maximum atomic E-state index is 7.92. The highest BCUT2D eigenvalue weighted by Gasteiger charge is 2.27. The largest absolute Gasteiger partial charge is 0.310 e. The van der Waals surface area contributed by atoms with Crippen LogP contribution in [0.1, 0.15) is 0 Å². The molecule has 2 aromatic heterocycles. The Morgan fingerprint density at radius 1 is 0.196 bits per heavy atom. The van der Waals surface area contributed by atoms with Crippen LogP contribution in [0.25, 0.3) is 162 Å². The molecular formula is C104H64N8. The molecule has 0 radical (unpaired) electrons. The molecule has 0 amide bonds. The van der Waals surface area contributed by atoms with Crippen LogP contribution in [-0.2, 0) is 0 Å². The van der Waals surface area contributed by atoms with E-state index < -0.39 is 0 Å². The first-order chi connectivity index (χ1) is 55.4. The number of benzene rings is 18. The molecule has 18 aromatic carbocycles. The molecule has 0 aliphatic rings. The van der Waals surface area contributed by atoms with Crippen molar-refractivity contribution >= 4 is 144 Å². The average molecular weight is 1430 g/mol. The van der Waals surface area contributed by atoms with Crippen molar-refractivity contribution in [2.24, 2.45) is 0 Å². The zero-order valence-corrected chi connectivity index (χ0v) is 60.5. The molecule has 2 heterocycles. The summed E-state index contributed by atoms with van der Waals surface area (Å²) < 4.78 is 4.69. The van der Waals surface area contributed by atoms with Gasteiger partial charge in [0.25, 0.3) is 0 Å². The van der Waals surface area contributed by atoms with Gasteiger partial charge in [0.15, 0.2) is 22.7 Å². The molecule has 0 aliphatic carbocycles. The van der Waals surface area contributed by atoms with E-state index in [0.717, 1.165) is 161 Å². The first kappa shape index (κ1) is 66.8. The van der Waals surface area contributed by atoms with Crippen molar-refractivity contribution in [3.05, 3.63) is 434 Å². The summed E-state index contributed by atoms with van der Waals surface area (Å²) in [6.07, 6.45) is 0. The van der Waals surface area contributed by atoms with E-state index in [9.17, 15) is 0 Å². The lowest BCUT2D eigenvalue weighted by Crippen LogP contribution is -2.11. The zero-order valence-electron chi connectivity index (χ0n) is 60.5. The SMILES string of the molecule is [C-]#[N+]c1cccc(-c2c3ccccc3c(-c3cccc([N+]#[C-])c3)c3c(N(c4ccccc4)c4ccc5c(c4)c4ccccc4n5-c4ccccc4)cccc23)c1.[C-]#[N+]c1cccc(-c2c3ccccc3c(-c3cccc([N+]#[C-])c3)c3cc(N(c4ccccc4)c4ccc5c(c4)c4ccccc4n5-c4ccccc4)ccc23)c1. The van der Waals surface area contributed by atoms with Gasteiger partial charge < -0.3 is 18.9 Å².